The summed E-state index contributed by atoms with van der Waals surface area (Å²) in [5.41, 5.74) is 2.98. The number of carbonyl (C=O) groups excluding carboxylic acids is 1. The SMILES string of the molecule is COc1ccc(-c2nc3ccc(NC(=O)c4cc(OC)c(OC)c(OC)c4)cc3o2)cc1. The molecule has 0 fully saturated rings. The highest BCUT2D eigenvalue weighted by Gasteiger charge is 2.17. The van der Waals surface area contributed by atoms with Crippen LogP contribution in [0.4, 0.5) is 5.69 Å². The molecule has 8 nitrogen and oxygen atoms in total. The van der Waals surface area contributed by atoms with Gasteiger partial charge in [-0.3, -0.25) is 4.79 Å². The Hall–Kier alpha value is -4.20. The van der Waals surface area contributed by atoms with Crippen molar-refractivity contribution in [1.29, 1.82) is 0 Å². The fourth-order valence-electron chi connectivity index (χ4n) is 3.27. The molecule has 0 radical (unpaired) electrons. The van der Waals surface area contributed by atoms with Gasteiger partial charge in [0, 0.05) is 22.9 Å². The lowest BCUT2D eigenvalue weighted by Gasteiger charge is -2.14. The number of hydrogen-bond acceptors (Lipinski definition) is 7. The van der Waals surface area contributed by atoms with E-state index in [0.717, 1.165) is 11.3 Å². The van der Waals surface area contributed by atoms with E-state index in [1.807, 2.05) is 24.3 Å². The minimum absolute atomic E-state index is 0.335. The molecule has 1 N–H and O–H groups in total. The maximum atomic E-state index is 12.9. The molecule has 1 heterocycles. The molecule has 8 heteroatoms. The third-order valence-electron chi connectivity index (χ3n) is 4.91. The van der Waals surface area contributed by atoms with Gasteiger partial charge in [0.25, 0.3) is 5.91 Å². The molecule has 0 aliphatic rings. The van der Waals surface area contributed by atoms with Crippen LogP contribution in [0.25, 0.3) is 22.6 Å². The van der Waals surface area contributed by atoms with Crippen molar-refractivity contribution in [3.63, 3.8) is 0 Å². The number of amides is 1. The number of ether oxygens (including phenoxy) is 4. The van der Waals surface area contributed by atoms with Crippen molar-refractivity contribution in [2.24, 2.45) is 0 Å². The van der Waals surface area contributed by atoms with Gasteiger partial charge < -0.3 is 28.7 Å². The van der Waals surface area contributed by atoms with E-state index in [9.17, 15) is 4.79 Å². The van der Waals surface area contributed by atoms with Crippen molar-refractivity contribution in [3.05, 3.63) is 60.2 Å². The number of oxazole rings is 1. The Morgan fingerprint density at radius 3 is 2.12 bits per heavy atom. The lowest BCUT2D eigenvalue weighted by atomic mass is 10.1. The van der Waals surface area contributed by atoms with Crippen LogP contribution in [0.5, 0.6) is 23.0 Å². The average Bonchev–Trinajstić information content (AvgIpc) is 3.26. The van der Waals surface area contributed by atoms with Gasteiger partial charge in [0.1, 0.15) is 11.3 Å². The van der Waals surface area contributed by atoms with Crippen molar-refractivity contribution in [2.45, 2.75) is 0 Å². The van der Waals surface area contributed by atoms with E-state index in [-0.39, 0.29) is 5.91 Å². The van der Waals surface area contributed by atoms with Gasteiger partial charge in [-0.15, -0.1) is 0 Å². The zero-order chi connectivity index (χ0) is 22.7. The summed E-state index contributed by atoms with van der Waals surface area (Å²) in [6, 6.07) is 15.9. The van der Waals surface area contributed by atoms with Crippen LogP contribution in [0.3, 0.4) is 0 Å². The number of hydrogen-bond donors (Lipinski definition) is 1. The van der Waals surface area contributed by atoms with Crippen molar-refractivity contribution >= 4 is 22.7 Å². The smallest absolute Gasteiger partial charge is 0.255 e. The number of nitrogens with zero attached hydrogens (tertiary/aromatic N) is 1. The molecule has 3 aromatic carbocycles. The molecular formula is C24H22N2O6. The molecular weight excluding hydrogens is 412 g/mol. The Morgan fingerprint density at radius 2 is 1.53 bits per heavy atom. The molecule has 0 bridgehead atoms. The van der Waals surface area contributed by atoms with Crippen molar-refractivity contribution in [2.75, 3.05) is 33.8 Å². The van der Waals surface area contributed by atoms with Gasteiger partial charge in [-0.2, -0.15) is 0 Å². The molecule has 0 unspecified atom stereocenters. The second-order valence-electron chi connectivity index (χ2n) is 6.80. The molecule has 0 saturated carbocycles. The van der Waals surface area contributed by atoms with Gasteiger partial charge in [-0.05, 0) is 48.5 Å². The summed E-state index contributed by atoms with van der Waals surface area (Å²) in [5.74, 6) is 2.11. The molecule has 4 rings (SSSR count). The van der Waals surface area contributed by atoms with E-state index < -0.39 is 0 Å². The minimum Gasteiger partial charge on any atom is -0.497 e. The predicted molar refractivity (Wildman–Crippen MR) is 120 cm³/mol. The Kier molecular flexibility index (Phi) is 5.85. The first-order chi connectivity index (χ1) is 15.6. The lowest BCUT2D eigenvalue weighted by Crippen LogP contribution is -2.12. The molecule has 1 aromatic heterocycles. The topological polar surface area (TPSA) is 92.1 Å². The van der Waals surface area contributed by atoms with Crippen LogP contribution in [0.1, 0.15) is 10.4 Å². The number of aromatic nitrogens is 1. The van der Waals surface area contributed by atoms with Gasteiger partial charge in [0.15, 0.2) is 17.1 Å². The minimum atomic E-state index is -0.335. The average molecular weight is 434 g/mol. The number of nitrogens with one attached hydrogen (secondary N) is 1. The zero-order valence-electron chi connectivity index (χ0n) is 18.1. The Bertz CT molecular complexity index is 1240. The molecule has 4 aromatic rings. The van der Waals surface area contributed by atoms with E-state index >= 15 is 0 Å². The normalized spacial score (nSPS) is 10.6. The molecule has 1 amide bonds. The summed E-state index contributed by atoms with van der Waals surface area (Å²) in [7, 11) is 6.11. The molecule has 0 aliphatic heterocycles. The first kappa shape index (κ1) is 21.0. The van der Waals surface area contributed by atoms with Gasteiger partial charge in [-0.25, -0.2) is 4.98 Å². The fourth-order valence-corrected chi connectivity index (χ4v) is 3.27. The van der Waals surface area contributed by atoms with E-state index in [0.29, 0.717) is 45.5 Å². The maximum absolute atomic E-state index is 12.9. The molecule has 0 atom stereocenters. The molecule has 0 saturated heterocycles. The van der Waals surface area contributed by atoms with Crippen LogP contribution >= 0.6 is 0 Å². The van der Waals surface area contributed by atoms with Crippen LogP contribution in [0.2, 0.25) is 0 Å². The Morgan fingerprint density at radius 1 is 0.844 bits per heavy atom. The Labute approximate surface area is 184 Å². The third kappa shape index (κ3) is 4.02. The largest absolute Gasteiger partial charge is 0.497 e. The van der Waals surface area contributed by atoms with Gasteiger partial charge in [0.2, 0.25) is 11.6 Å². The number of fused-ring (bicyclic) bond motifs is 1. The van der Waals surface area contributed by atoms with Crippen molar-refractivity contribution in [3.8, 4) is 34.5 Å². The van der Waals surface area contributed by atoms with E-state index in [4.69, 9.17) is 23.4 Å². The van der Waals surface area contributed by atoms with Gasteiger partial charge in [0.05, 0.1) is 28.4 Å². The molecule has 32 heavy (non-hydrogen) atoms. The molecule has 164 valence electrons. The third-order valence-corrected chi connectivity index (χ3v) is 4.91. The zero-order valence-corrected chi connectivity index (χ0v) is 18.1. The van der Waals surface area contributed by atoms with Gasteiger partial charge in [-0.1, -0.05) is 0 Å². The first-order valence-corrected chi connectivity index (χ1v) is 9.72. The summed E-state index contributed by atoms with van der Waals surface area (Å²) >= 11 is 0. The van der Waals surface area contributed by atoms with E-state index in [1.54, 1.807) is 37.4 Å². The summed E-state index contributed by atoms with van der Waals surface area (Å²) in [4.78, 5) is 17.4. The summed E-state index contributed by atoms with van der Waals surface area (Å²) < 4.78 is 27.0. The highest BCUT2D eigenvalue weighted by molar-refractivity contribution is 6.05. The maximum Gasteiger partial charge on any atom is 0.255 e. The second-order valence-corrected chi connectivity index (χ2v) is 6.80. The van der Waals surface area contributed by atoms with Crippen molar-refractivity contribution in [1.82, 2.24) is 4.98 Å². The lowest BCUT2D eigenvalue weighted by molar-refractivity contribution is 0.102. The first-order valence-electron chi connectivity index (χ1n) is 9.72. The van der Waals surface area contributed by atoms with Gasteiger partial charge >= 0.3 is 0 Å². The monoisotopic (exact) mass is 434 g/mol. The molecule has 0 aliphatic carbocycles. The number of carbonyl (C=O) groups is 1. The second kappa shape index (κ2) is 8.89. The number of benzene rings is 3. The Balaban J connectivity index is 1.59. The van der Waals surface area contributed by atoms with Crippen LogP contribution in [0.15, 0.2) is 59.0 Å². The number of rotatable bonds is 7. The van der Waals surface area contributed by atoms with E-state index in [1.165, 1.54) is 21.3 Å². The summed E-state index contributed by atoms with van der Waals surface area (Å²) in [5, 5.41) is 2.86. The number of methoxy groups -OCH3 is 4. The van der Waals surface area contributed by atoms with E-state index in [2.05, 4.69) is 10.3 Å². The quantitative estimate of drug-likeness (QED) is 0.447. The summed E-state index contributed by atoms with van der Waals surface area (Å²) in [6.07, 6.45) is 0. The highest BCUT2D eigenvalue weighted by Crippen LogP contribution is 2.38. The van der Waals surface area contributed by atoms with Crippen LogP contribution in [-0.4, -0.2) is 39.3 Å². The fraction of sp³-hybridized carbons (Fsp3) is 0.167. The van der Waals surface area contributed by atoms with Crippen LogP contribution in [-0.2, 0) is 0 Å². The van der Waals surface area contributed by atoms with Crippen LogP contribution < -0.4 is 24.3 Å². The predicted octanol–water partition coefficient (Wildman–Crippen LogP) is 4.78. The highest BCUT2D eigenvalue weighted by atomic mass is 16.5. The van der Waals surface area contributed by atoms with Crippen molar-refractivity contribution < 1.29 is 28.2 Å². The standard InChI is InChI=1S/C24H22N2O6/c1-28-17-8-5-14(6-9-17)24-26-18-10-7-16(13-19(18)32-24)25-23(27)15-11-20(29-2)22(31-4)21(12-15)30-3/h5-13H,1-4H3,(H,25,27). The number of anilines is 1. The van der Waals surface area contributed by atoms with Crippen LogP contribution in [0, 0.1) is 0 Å². The summed E-state index contributed by atoms with van der Waals surface area (Å²) in [6.45, 7) is 0. The molecule has 0 spiro atoms.